The Balaban J connectivity index is 1.39. The molecule has 2 aliphatic rings. The molecular weight excluding hydrogens is 436 g/mol. The lowest BCUT2D eigenvalue weighted by Crippen LogP contribution is -2.36. The SMILES string of the molecule is Cc1c(Cl)cccc1NC(=O)COC(=O)c1ccc2c(c1)C(=O)N(C[C@H]1CCCO1)C2=O. The number of hydrogen-bond acceptors (Lipinski definition) is 6. The maximum atomic E-state index is 12.7. The highest BCUT2D eigenvalue weighted by Gasteiger charge is 2.38. The van der Waals surface area contributed by atoms with Gasteiger partial charge in [-0.25, -0.2) is 4.79 Å². The molecule has 3 amide bonds. The van der Waals surface area contributed by atoms with E-state index in [9.17, 15) is 19.2 Å². The molecule has 0 bridgehead atoms. The topological polar surface area (TPSA) is 102 Å². The van der Waals surface area contributed by atoms with E-state index in [1.54, 1.807) is 25.1 Å². The number of fused-ring (bicyclic) bond motifs is 1. The summed E-state index contributed by atoms with van der Waals surface area (Å²) in [6, 6.07) is 9.24. The summed E-state index contributed by atoms with van der Waals surface area (Å²) in [5.41, 5.74) is 1.67. The van der Waals surface area contributed by atoms with Crippen molar-refractivity contribution in [3.05, 3.63) is 63.7 Å². The number of esters is 1. The van der Waals surface area contributed by atoms with Crippen LogP contribution in [-0.4, -0.2) is 54.5 Å². The normalized spacial score (nSPS) is 17.4. The Kier molecular flexibility index (Phi) is 6.25. The van der Waals surface area contributed by atoms with E-state index < -0.39 is 30.3 Å². The third-order valence-electron chi connectivity index (χ3n) is 5.49. The van der Waals surface area contributed by atoms with Gasteiger partial charge in [-0.2, -0.15) is 0 Å². The minimum absolute atomic E-state index is 0.0793. The van der Waals surface area contributed by atoms with Gasteiger partial charge < -0.3 is 14.8 Å². The van der Waals surface area contributed by atoms with Crippen LogP contribution in [0.25, 0.3) is 0 Å². The molecule has 2 aromatic rings. The van der Waals surface area contributed by atoms with Crippen LogP contribution in [0.1, 0.15) is 49.5 Å². The van der Waals surface area contributed by atoms with E-state index in [1.165, 1.54) is 18.2 Å². The number of imide groups is 1. The molecule has 9 heteroatoms. The standard InChI is InChI=1S/C23H21ClN2O6/c1-13-18(24)5-2-6-19(13)25-20(27)12-32-23(30)14-7-8-16-17(10-14)22(29)26(21(16)28)11-15-4-3-9-31-15/h2,5-8,10,15H,3-4,9,11-12H2,1H3,(H,25,27)/t15-/m1/s1. The number of rotatable bonds is 6. The molecule has 0 saturated carbocycles. The number of ether oxygens (including phenoxy) is 2. The van der Waals surface area contributed by atoms with Crippen LogP contribution in [-0.2, 0) is 14.3 Å². The molecule has 0 aromatic heterocycles. The number of amides is 3. The Morgan fingerprint density at radius 1 is 1.19 bits per heavy atom. The summed E-state index contributed by atoms with van der Waals surface area (Å²) in [6.45, 7) is 2.05. The van der Waals surface area contributed by atoms with Gasteiger partial charge in [-0.1, -0.05) is 17.7 Å². The van der Waals surface area contributed by atoms with Gasteiger partial charge in [-0.05, 0) is 55.7 Å². The van der Waals surface area contributed by atoms with Gasteiger partial charge in [0.15, 0.2) is 6.61 Å². The van der Waals surface area contributed by atoms with E-state index in [-0.39, 0.29) is 29.3 Å². The van der Waals surface area contributed by atoms with Crippen LogP contribution in [0.5, 0.6) is 0 Å². The molecule has 2 heterocycles. The lowest BCUT2D eigenvalue weighted by Gasteiger charge is -2.17. The van der Waals surface area contributed by atoms with Gasteiger partial charge in [0.1, 0.15) is 0 Å². The van der Waals surface area contributed by atoms with E-state index in [0.29, 0.717) is 22.9 Å². The minimum Gasteiger partial charge on any atom is -0.452 e. The summed E-state index contributed by atoms with van der Waals surface area (Å²) in [6.07, 6.45) is 1.53. The highest BCUT2D eigenvalue weighted by Crippen LogP contribution is 2.26. The van der Waals surface area contributed by atoms with Gasteiger partial charge in [0.25, 0.3) is 17.7 Å². The van der Waals surface area contributed by atoms with E-state index in [0.717, 1.165) is 17.7 Å². The Hall–Kier alpha value is -3.23. The first-order valence-electron chi connectivity index (χ1n) is 10.2. The maximum Gasteiger partial charge on any atom is 0.338 e. The predicted molar refractivity (Wildman–Crippen MR) is 116 cm³/mol. The molecule has 166 valence electrons. The molecule has 1 saturated heterocycles. The molecule has 4 rings (SSSR count). The van der Waals surface area contributed by atoms with Gasteiger partial charge in [0, 0.05) is 17.3 Å². The quantitative estimate of drug-likeness (QED) is 0.529. The summed E-state index contributed by atoms with van der Waals surface area (Å²) in [7, 11) is 0. The van der Waals surface area contributed by atoms with Crippen molar-refractivity contribution in [2.24, 2.45) is 0 Å². The van der Waals surface area contributed by atoms with Crippen molar-refractivity contribution in [1.82, 2.24) is 4.90 Å². The molecular formula is C23H21ClN2O6. The minimum atomic E-state index is -0.774. The number of nitrogens with one attached hydrogen (secondary N) is 1. The van der Waals surface area contributed by atoms with Gasteiger partial charge in [0.2, 0.25) is 0 Å². The third-order valence-corrected chi connectivity index (χ3v) is 5.90. The summed E-state index contributed by atoms with van der Waals surface area (Å²) in [5.74, 6) is -2.18. The Labute approximate surface area is 189 Å². The lowest BCUT2D eigenvalue weighted by atomic mass is 10.1. The second-order valence-electron chi connectivity index (χ2n) is 7.65. The van der Waals surface area contributed by atoms with Crippen molar-refractivity contribution < 1.29 is 28.7 Å². The van der Waals surface area contributed by atoms with Gasteiger partial charge >= 0.3 is 5.97 Å². The number of carbonyl (C=O) groups is 4. The van der Waals surface area contributed by atoms with Crippen molar-refractivity contribution >= 4 is 41.0 Å². The molecule has 1 atom stereocenters. The predicted octanol–water partition coefficient (Wildman–Crippen LogP) is 3.22. The molecule has 2 aromatic carbocycles. The van der Waals surface area contributed by atoms with Crippen molar-refractivity contribution in [1.29, 1.82) is 0 Å². The van der Waals surface area contributed by atoms with E-state index in [1.807, 2.05) is 0 Å². The lowest BCUT2D eigenvalue weighted by molar-refractivity contribution is -0.119. The summed E-state index contributed by atoms with van der Waals surface area (Å²) < 4.78 is 10.6. The Morgan fingerprint density at radius 3 is 2.72 bits per heavy atom. The molecule has 1 N–H and O–H groups in total. The van der Waals surface area contributed by atoms with Crippen molar-refractivity contribution in [3.63, 3.8) is 0 Å². The van der Waals surface area contributed by atoms with Crippen LogP contribution in [0.4, 0.5) is 5.69 Å². The number of hydrogen-bond donors (Lipinski definition) is 1. The average molecular weight is 457 g/mol. The van der Waals surface area contributed by atoms with Crippen molar-refractivity contribution in [2.75, 3.05) is 25.1 Å². The first kappa shape index (κ1) is 22.0. The zero-order valence-electron chi connectivity index (χ0n) is 17.4. The highest BCUT2D eigenvalue weighted by molar-refractivity contribution is 6.31. The molecule has 0 radical (unpaired) electrons. The second kappa shape index (κ2) is 9.10. The van der Waals surface area contributed by atoms with E-state index >= 15 is 0 Å². The average Bonchev–Trinajstić information content (AvgIpc) is 3.38. The fraction of sp³-hybridized carbons (Fsp3) is 0.304. The zero-order chi connectivity index (χ0) is 22.8. The highest BCUT2D eigenvalue weighted by atomic mass is 35.5. The number of anilines is 1. The molecule has 0 unspecified atom stereocenters. The van der Waals surface area contributed by atoms with Crippen LogP contribution < -0.4 is 5.32 Å². The molecule has 0 aliphatic carbocycles. The molecule has 32 heavy (non-hydrogen) atoms. The van der Waals surface area contributed by atoms with Crippen LogP contribution in [0.2, 0.25) is 5.02 Å². The van der Waals surface area contributed by atoms with Gasteiger partial charge in [-0.3, -0.25) is 19.3 Å². The summed E-state index contributed by atoms with van der Waals surface area (Å²) in [4.78, 5) is 51.0. The van der Waals surface area contributed by atoms with Crippen LogP contribution in [0.15, 0.2) is 36.4 Å². The Morgan fingerprint density at radius 2 is 1.97 bits per heavy atom. The largest absolute Gasteiger partial charge is 0.452 e. The zero-order valence-corrected chi connectivity index (χ0v) is 18.1. The van der Waals surface area contributed by atoms with Gasteiger partial charge in [-0.15, -0.1) is 0 Å². The molecule has 1 fully saturated rings. The van der Waals surface area contributed by atoms with Gasteiger partial charge in [0.05, 0.1) is 29.3 Å². The smallest absolute Gasteiger partial charge is 0.338 e. The van der Waals surface area contributed by atoms with Crippen LogP contribution >= 0.6 is 11.6 Å². The first-order chi connectivity index (χ1) is 15.3. The number of benzene rings is 2. The van der Waals surface area contributed by atoms with E-state index in [4.69, 9.17) is 21.1 Å². The van der Waals surface area contributed by atoms with Crippen LogP contribution in [0.3, 0.4) is 0 Å². The Bertz CT molecular complexity index is 1110. The summed E-state index contributed by atoms with van der Waals surface area (Å²) >= 11 is 6.03. The van der Waals surface area contributed by atoms with Crippen molar-refractivity contribution in [3.8, 4) is 0 Å². The van der Waals surface area contributed by atoms with E-state index in [2.05, 4.69) is 5.32 Å². The van der Waals surface area contributed by atoms with Crippen molar-refractivity contribution in [2.45, 2.75) is 25.9 Å². The molecule has 2 aliphatic heterocycles. The second-order valence-corrected chi connectivity index (χ2v) is 8.06. The molecule has 0 spiro atoms. The number of halogens is 1. The number of carbonyl (C=O) groups excluding carboxylic acids is 4. The fourth-order valence-corrected chi connectivity index (χ4v) is 3.89. The number of nitrogens with zero attached hydrogens (tertiary/aromatic N) is 1. The maximum absolute atomic E-state index is 12.7. The fourth-order valence-electron chi connectivity index (χ4n) is 3.72. The molecule has 8 nitrogen and oxygen atoms in total. The summed E-state index contributed by atoms with van der Waals surface area (Å²) in [5, 5.41) is 3.14. The van der Waals surface area contributed by atoms with Crippen LogP contribution in [0, 0.1) is 6.92 Å². The third kappa shape index (κ3) is 4.37. The monoisotopic (exact) mass is 456 g/mol. The first-order valence-corrected chi connectivity index (χ1v) is 10.6.